The number of benzene rings is 2. The normalized spacial score (nSPS) is 27.4. The Morgan fingerprint density at radius 1 is 0.879 bits per heavy atom. The Morgan fingerprint density at radius 3 is 2.09 bits per heavy atom. The Hall–Kier alpha value is -2.49. The molecule has 4 aliphatic carbocycles. The third-order valence-electron chi connectivity index (χ3n) is 8.07. The van der Waals surface area contributed by atoms with Crippen LogP contribution in [0.2, 0.25) is 0 Å². The lowest BCUT2D eigenvalue weighted by atomic mass is 9.48. The van der Waals surface area contributed by atoms with Crippen molar-refractivity contribution in [3.8, 4) is 11.5 Å². The first-order valence-electron chi connectivity index (χ1n) is 12.9. The van der Waals surface area contributed by atoms with Crippen LogP contribution in [0.3, 0.4) is 0 Å². The number of ether oxygens (including phenoxy) is 2. The number of hydrogen-bond acceptors (Lipinski definition) is 3. The van der Waals surface area contributed by atoms with Gasteiger partial charge in [-0.15, -0.1) is 0 Å². The van der Waals surface area contributed by atoms with E-state index < -0.39 is 0 Å². The highest BCUT2D eigenvalue weighted by molar-refractivity contribution is 5.90. The maximum absolute atomic E-state index is 12.6. The fraction of sp³-hybridized carbons (Fsp3) is 0.552. The van der Waals surface area contributed by atoms with E-state index in [0.717, 1.165) is 40.5 Å². The maximum atomic E-state index is 12.6. The van der Waals surface area contributed by atoms with Gasteiger partial charge in [0.25, 0.3) is 0 Å². The molecule has 4 nitrogen and oxygen atoms in total. The molecule has 1 N–H and O–H groups in total. The lowest BCUT2D eigenvalue weighted by Crippen LogP contribution is -2.48. The molecule has 33 heavy (non-hydrogen) atoms. The Balaban J connectivity index is 1.18. The molecule has 2 aromatic carbocycles. The minimum atomic E-state index is 0.0457. The zero-order valence-corrected chi connectivity index (χ0v) is 20.1. The molecule has 1 amide bonds. The number of aryl methyl sites for hydroxylation is 1. The van der Waals surface area contributed by atoms with Gasteiger partial charge in [-0.3, -0.25) is 4.79 Å². The topological polar surface area (TPSA) is 47.6 Å². The summed E-state index contributed by atoms with van der Waals surface area (Å²) in [5.41, 5.74) is 3.88. The van der Waals surface area contributed by atoms with E-state index in [1.165, 1.54) is 44.1 Å². The molecule has 4 saturated carbocycles. The molecule has 6 rings (SSSR count). The van der Waals surface area contributed by atoms with Crippen molar-refractivity contribution >= 4 is 11.6 Å². The summed E-state index contributed by atoms with van der Waals surface area (Å²) in [6, 6.07) is 14.7. The Bertz CT molecular complexity index is 946. The summed E-state index contributed by atoms with van der Waals surface area (Å²) in [5.74, 6) is 4.39. The predicted octanol–water partition coefficient (Wildman–Crippen LogP) is 6.52. The van der Waals surface area contributed by atoms with Crippen LogP contribution in [0.4, 0.5) is 5.69 Å². The van der Waals surface area contributed by atoms with Crippen LogP contribution in [0.1, 0.15) is 69.9 Å². The zero-order valence-electron chi connectivity index (χ0n) is 20.1. The van der Waals surface area contributed by atoms with Crippen molar-refractivity contribution in [2.45, 2.75) is 70.6 Å². The molecule has 0 heterocycles. The van der Waals surface area contributed by atoms with Gasteiger partial charge in [0.05, 0.1) is 13.2 Å². The summed E-state index contributed by atoms with van der Waals surface area (Å²) in [4.78, 5) is 12.6. The average molecular weight is 448 g/mol. The SMILES string of the molecule is CCOc1ccc(CCC(=O)Nc2ccc(C34CC5CC(CC(C5)C3)C4)cc2)cc1OCC. The van der Waals surface area contributed by atoms with Gasteiger partial charge in [-0.1, -0.05) is 18.2 Å². The van der Waals surface area contributed by atoms with Gasteiger partial charge in [-0.25, -0.2) is 0 Å². The van der Waals surface area contributed by atoms with Gasteiger partial charge in [0.15, 0.2) is 11.5 Å². The number of rotatable bonds is 9. The third-order valence-corrected chi connectivity index (χ3v) is 8.07. The molecule has 4 bridgehead atoms. The van der Waals surface area contributed by atoms with Crippen LogP contribution in [0.5, 0.6) is 11.5 Å². The Kier molecular flexibility index (Phi) is 6.36. The van der Waals surface area contributed by atoms with Gasteiger partial charge in [0, 0.05) is 12.1 Å². The summed E-state index contributed by atoms with van der Waals surface area (Å²) in [5, 5.41) is 3.09. The summed E-state index contributed by atoms with van der Waals surface area (Å²) in [6.07, 6.45) is 9.62. The van der Waals surface area contributed by atoms with Crippen molar-refractivity contribution in [1.29, 1.82) is 0 Å². The molecule has 0 aromatic heterocycles. The minimum Gasteiger partial charge on any atom is -0.490 e. The number of carbonyl (C=O) groups is 1. The lowest BCUT2D eigenvalue weighted by molar-refractivity contribution is -0.116. The number of carbonyl (C=O) groups excluding carboxylic acids is 1. The molecule has 176 valence electrons. The molecule has 0 saturated heterocycles. The second-order valence-electron chi connectivity index (χ2n) is 10.5. The third kappa shape index (κ3) is 4.76. The van der Waals surface area contributed by atoms with Crippen molar-refractivity contribution in [1.82, 2.24) is 0 Å². The maximum Gasteiger partial charge on any atom is 0.224 e. The van der Waals surface area contributed by atoms with Crippen LogP contribution in [-0.4, -0.2) is 19.1 Å². The van der Waals surface area contributed by atoms with Crippen molar-refractivity contribution < 1.29 is 14.3 Å². The van der Waals surface area contributed by atoms with Crippen molar-refractivity contribution in [2.24, 2.45) is 17.8 Å². The number of anilines is 1. The van der Waals surface area contributed by atoms with E-state index in [0.29, 0.717) is 31.5 Å². The van der Waals surface area contributed by atoms with E-state index in [9.17, 15) is 4.79 Å². The van der Waals surface area contributed by atoms with Gasteiger partial charge in [-0.2, -0.15) is 0 Å². The summed E-state index contributed by atoms with van der Waals surface area (Å²) in [6.45, 7) is 5.11. The molecule has 0 radical (unpaired) electrons. The molecule has 0 unspecified atom stereocenters. The number of nitrogens with one attached hydrogen (secondary N) is 1. The average Bonchev–Trinajstić information content (AvgIpc) is 2.79. The van der Waals surface area contributed by atoms with Crippen LogP contribution in [0.25, 0.3) is 0 Å². The molecule has 4 heteroatoms. The van der Waals surface area contributed by atoms with Gasteiger partial charge in [0.1, 0.15) is 0 Å². The zero-order chi connectivity index (χ0) is 22.8. The van der Waals surface area contributed by atoms with Gasteiger partial charge >= 0.3 is 0 Å². The van der Waals surface area contributed by atoms with Crippen LogP contribution < -0.4 is 14.8 Å². The van der Waals surface area contributed by atoms with Gasteiger partial charge in [-0.05, 0) is 117 Å². The van der Waals surface area contributed by atoms with E-state index >= 15 is 0 Å². The van der Waals surface area contributed by atoms with E-state index in [-0.39, 0.29) is 5.91 Å². The minimum absolute atomic E-state index is 0.0457. The Morgan fingerprint density at radius 2 is 1.48 bits per heavy atom. The predicted molar refractivity (Wildman–Crippen MR) is 132 cm³/mol. The van der Waals surface area contributed by atoms with E-state index in [2.05, 4.69) is 29.6 Å². The molecule has 0 spiro atoms. The molecule has 0 atom stereocenters. The van der Waals surface area contributed by atoms with Crippen LogP contribution in [0.15, 0.2) is 42.5 Å². The lowest BCUT2D eigenvalue weighted by Gasteiger charge is -2.57. The highest BCUT2D eigenvalue weighted by Crippen LogP contribution is 2.60. The first-order chi connectivity index (χ1) is 16.1. The smallest absolute Gasteiger partial charge is 0.224 e. The van der Waals surface area contributed by atoms with E-state index in [4.69, 9.17) is 9.47 Å². The highest BCUT2D eigenvalue weighted by atomic mass is 16.5. The molecular formula is C29H37NO3. The van der Waals surface area contributed by atoms with Crippen LogP contribution >= 0.6 is 0 Å². The monoisotopic (exact) mass is 447 g/mol. The van der Waals surface area contributed by atoms with E-state index in [1.54, 1.807) is 0 Å². The second kappa shape index (κ2) is 9.40. The Labute approximate surface area is 198 Å². The number of amides is 1. The van der Waals surface area contributed by atoms with Crippen molar-refractivity contribution in [2.75, 3.05) is 18.5 Å². The molecule has 4 fully saturated rings. The van der Waals surface area contributed by atoms with Crippen LogP contribution in [-0.2, 0) is 16.6 Å². The highest BCUT2D eigenvalue weighted by Gasteiger charge is 2.51. The molecule has 0 aliphatic heterocycles. The second-order valence-corrected chi connectivity index (χ2v) is 10.5. The molecular weight excluding hydrogens is 410 g/mol. The fourth-order valence-corrected chi connectivity index (χ4v) is 7.10. The first-order valence-corrected chi connectivity index (χ1v) is 12.9. The fourth-order valence-electron chi connectivity index (χ4n) is 7.10. The quantitative estimate of drug-likeness (QED) is 0.476. The van der Waals surface area contributed by atoms with Crippen molar-refractivity contribution in [3.05, 3.63) is 53.6 Å². The number of hydrogen-bond donors (Lipinski definition) is 1. The molecule has 4 aliphatic rings. The standard InChI is InChI=1S/C29H37NO3/c1-3-32-26-11-5-20(16-27(26)33-4-2)6-12-28(31)30-25-9-7-24(8-10-25)29-17-21-13-22(18-29)15-23(14-21)19-29/h5,7-11,16,21-23H,3-4,6,12-15,17-19H2,1-2H3,(H,30,31). The van der Waals surface area contributed by atoms with E-state index in [1.807, 2.05) is 32.0 Å². The summed E-state index contributed by atoms with van der Waals surface area (Å²) in [7, 11) is 0. The summed E-state index contributed by atoms with van der Waals surface area (Å²) < 4.78 is 11.3. The summed E-state index contributed by atoms with van der Waals surface area (Å²) >= 11 is 0. The van der Waals surface area contributed by atoms with Gasteiger partial charge in [0.2, 0.25) is 5.91 Å². The molecule has 2 aromatic rings. The van der Waals surface area contributed by atoms with Gasteiger partial charge < -0.3 is 14.8 Å². The first kappa shape index (κ1) is 22.3. The largest absolute Gasteiger partial charge is 0.490 e. The van der Waals surface area contributed by atoms with Crippen molar-refractivity contribution in [3.63, 3.8) is 0 Å². The van der Waals surface area contributed by atoms with Crippen LogP contribution in [0, 0.1) is 17.8 Å².